The Balaban J connectivity index is 1.90. The molecule has 0 amide bonds. The summed E-state index contributed by atoms with van der Waals surface area (Å²) < 4.78 is 0. The van der Waals surface area contributed by atoms with Crippen LogP contribution in [0.25, 0.3) is 11.0 Å². The van der Waals surface area contributed by atoms with Crippen molar-refractivity contribution in [1.82, 2.24) is 20.3 Å². The Kier molecular flexibility index (Phi) is 3.61. The summed E-state index contributed by atoms with van der Waals surface area (Å²) in [5.41, 5.74) is 1.88. The fraction of sp³-hybridized carbons (Fsp3) is 0.538. The average Bonchev–Trinajstić information content (AvgIpc) is 2.85. The summed E-state index contributed by atoms with van der Waals surface area (Å²) in [6, 6.07) is 0.406. The van der Waals surface area contributed by atoms with Crippen LogP contribution in [0, 0.1) is 0 Å². The highest BCUT2D eigenvalue weighted by Gasteiger charge is 2.16. The molecular formula is C13H19N5O. The Morgan fingerprint density at radius 2 is 2.37 bits per heavy atom. The van der Waals surface area contributed by atoms with Crippen LogP contribution >= 0.6 is 0 Å². The van der Waals surface area contributed by atoms with Crippen LogP contribution in [0.5, 0.6) is 0 Å². The van der Waals surface area contributed by atoms with Crippen LogP contribution < -0.4 is 10.6 Å². The lowest BCUT2D eigenvalue weighted by atomic mass is 10.1. The van der Waals surface area contributed by atoms with Gasteiger partial charge in [0.15, 0.2) is 0 Å². The SMILES string of the molecule is OCCc1c[nH]c2ncnc(N[C@@H]3CCCNC3)c12. The normalized spacial score (nSPS) is 19.7. The first-order chi connectivity index (χ1) is 9.38. The Bertz CT molecular complexity index is 547. The van der Waals surface area contributed by atoms with Crippen molar-refractivity contribution in [1.29, 1.82) is 0 Å². The van der Waals surface area contributed by atoms with Gasteiger partial charge < -0.3 is 20.7 Å². The molecule has 1 fully saturated rings. The van der Waals surface area contributed by atoms with E-state index in [1.54, 1.807) is 6.33 Å². The van der Waals surface area contributed by atoms with E-state index in [9.17, 15) is 0 Å². The quantitative estimate of drug-likeness (QED) is 0.649. The molecule has 2 aromatic rings. The van der Waals surface area contributed by atoms with Gasteiger partial charge in [0.2, 0.25) is 0 Å². The van der Waals surface area contributed by atoms with E-state index in [1.807, 2.05) is 6.20 Å². The number of fused-ring (bicyclic) bond motifs is 1. The number of aromatic amines is 1. The summed E-state index contributed by atoms with van der Waals surface area (Å²) in [6.45, 7) is 2.19. The molecule has 0 radical (unpaired) electrons. The summed E-state index contributed by atoms with van der Waals surface area (Å²) in [6.07, 6.45) is 6.42. The standard InChI is InChI=1S/C13H19N5O/c19-5-3-9-6-15-12-11(9)13(17-8-16-12)18-10-2-1-4-14-7-10/h6,8,10,14,19H,1-5,7H2,(H2,15,16,17,18)/t10-/m1/s1. The number of anilines is 1. The van der Waals surface area contributed by atoms with Crippen molar-refractivity contribution in [3.8, 4) is 0 Å². The molecule has 102 valence electrons. The Hall–Kier alpha value is -1.66. The topological polar surface area (TPSA) is 85.9 Å². The van der Waals surface area contributed by atoms with Gasteiger partial charge in [-0.2, -0.15) is 0 Å². The number of nitrogens with one attached hydrogen (secondary N) is 3. The molecule has 0 unspecified atom stereocenters. The van der Waals surface area contributed by atoms with E-state index < -0.39 is 0 Å². The lowest BCUT2D eigenvalue weighted by Crippen LogP contribution is -2.38. The third kappa shape index (κ3) is 2.54. The number of nitrogens with zero attached hydrogens (tertiary/aromatic N) is 2. The number of H-pyrrole nitrogens is 1. The largest absolute Gasteiger partial charge is 0.396 e. The maximum Gasteiger partial charge on any atom is 0.143 e. The van der Waals surface area contributed by atoms with Gasteiger partial charge in [0.25, 0.3) is 0 Å². The number of piperidine rings is 1. The van der Waals surface area contributed by atoms with Gasteiger partial charge in [0.1, 0.15) is 17.8 Å². The van der Waals surface area contributed by atoms with Crippen molar-refractivity contribution in [2.45, 2.75) is 25.3 Å². The van der Waals surface area contributed by atoms with Crippen LogP contribution in [0.1, 0.15) is 18.4 Å². The predicted octanol–water partition coefficient (Wildman–Crippen LogP) is 0.657. The molecule has 3 heterocycles. The Morgan fingerprint density at radius 1 is 1.42 bits per heavy atom. The minimum absolute atomic E-state index is 0.131. The third-order valence-electron chi connectivity index (χ3n) is 3.57. The minimum atomic E-state index is 0.131. The molecule has 1 saturated heterocycles. The van der Waals surface area contributed by atoms with Gasteiger partial charge in [-0.15, -0.1) is 0 Å². The predicted molar refractivity (Wildman–Crippen MR) is 74.2 cm³/mol. The Morgan fingerprint density at radius 3 is 3.16 bits per heavy atom. The van der Waals surface area contributed by atoms with Crippen molar-refractivity contribution in [2.75, 3.05) is 25.0 Å². The number of rotatable bonds is 4. The molecule has 0 spiro atoms. The molecule has 19 heavy (non-hydrogen) atoms. The van der Waals surface area contributed by atoms with Crippen molar-refractivity contribution in [3.05, 3.63) is 18.1 Å². The van der Waals surface area contributed by atoms with E-state index in [0.717, 1.165) is 41.9 Å². The second kappa shape index (κ2) is 5.54. The lowest BCUT2D eigenvalue weighted by molar-refractivity contribution is 0.300. The van der Waals surface area contributed by atoms with Gasteiger partial charge in [0.05, 0.1) is 5.39 Å². The first kappa shape index (κ1) is 12.4. The zero-order valence-corrected chi connectivity index (χ0v) is 10.8. The maximum atomic E-state index is 9.12. The number of aliphatic hydroxyl groups excluding tert-OH is 1. The van der Waals surface area contributed by atoms with E-state index in [-0.39, 0.29) is 6.61 Å². The molecule has 6 heteroatoms. The lowest BCUT2D eigenvalue weighted by Gasteiger charge is -2.24. The molecule has 0 aromatic carbocycles. The van der Waals surface area contributed by atoms with Gasteiger partial charge in [-0.05, 0) is 31.4 Å². The van der Waals surface area contributed by atoms with Gasteiger partial charge in [-0.3, -0.25) is 0 Å². The fourth-order valence-electron chi connectivity index (χ4n) is 2.62. The van der Waals surface area contributed by atoms with Gasteiger partial charge >= 0.3 is 0 Å². The first-order valence-electron chi connectivity index (χ1n) is 6.77. The molecule has 1 aliphatic heterocycles. The zero-order valence-electron chi connectivity index (χ0n) is 10.8. The van der Waals surface area contributed by atoms with Crippen LogP contribution in [-0.2, 0) is 6.42 Å². The summed E-state index contributed by atoms with van der Waals surface area (Å²) in [4.78, 5) is 11.7. The molecule has 4 N–H and O–H groups in total. The molecular weight excluding hydrogens is 242 g/mol. The highest BCUT2D eigenvalue weighted by molar-refractivity contribution is 5.90. The van der Waals surface area contributed by atoms with Gasteiger partial charge in [0, 0.05) is 25.4 Å². The van der Waals surface area contributed by atoms with Gasteiger partial charge in [-0.25, -0.2) is 9.97 Å². The third-order valence-corrected chi connectivity index (χ3v) is 3.57. The van der Waals surface area contributed by atoms with Crippen molar-refractivity contribution in [2.24, 2.45) is 0 Å². The summed E-state index contributed by atoms with van der Waals surface area (Å²) in [5, 5.41) is 17.0. The maximum absolute atomic E-state index is 9.12. The first-order valence-corrected chi connectivity index (χ1v) is 6.77. The molecule has 6 nitrogen and oxygen atoms in total. The van der Waals surface area contributed by atoms with E-state index >= 15 is 0 Å². The van der Waals surface area contributed by atoms with Crippen molar-refractivity contribution in [3.63, 3.8) is 0 Å². The molecule has 0 aliphatic carbocycles. The van der Waals surface area contributed by atoms with Crippen molar-refractivity contribution < 1.29 is 5.11 Å². The number of aromatic nitrogens is 3. The second-order valence-electron chi connectivity index (χ2n) is 4.92. The summed E-state index contributed by atoms with van der Waals surface area (Å²) >= 11 is 0. The number of aliphatic hydroxyl groups is 1. The summed E-state index contributed by atoms with van der Waals surface area (Å²) in [7, 11) is 0. The van der Waals surface area contributed by atoms with Crippen LogP contribution in [-0.4, -0.2) is 45.8 Å². The minimum Gasteiger partial charge on any atom is -0.396 e. The molecule has 2 aromatic heterocycles. The molecule has 1 atom stereocenters. The molecule has 0 saturated carbocycles. The number of hydrogen-bond donors (Lipinski definition) is 4. The fourth-order valence-corrected chi connectivity index (χ4v) is 2.62. The van der Waals surface area contributed by atoms with Gasteiger partial charge in [-0.1, -0.05) is 0 Å². The second-order valence-corrected chi connectivity index (χ2v) is 4.92. The number of hydrogen-bond acceptors (Lipinski definition) is 5. The van der Waals surface area contributed by atoms with Crippen LogP contribution in [0.15, 0.2) is 12.5 Å². The highest BCUT2D eigenvalue weighted by Crippen LogP contribution is 2.24. The van der Waals surface area contributed by atoms with Crippen LogP contribution in [0.4, 0.5) is 5.82 Å². The highest BCUT2D eigenvalue weighted by atomic mass is 16.2. The van der Waals surface area contributed by atoms with E-state index in [1.165, 1.54) is 6.42 Å². The van der Waals surface area contributed by atoms with Crippen molar-refractivity contribution >= 4 is 16.9 Å². The molecule has 1 aliphatic rings. The smallest absolute Gasteiger partial charge is 0.143 e. The monoisotopic (exact) mass is 261 g/mol. The molecule has 3 rings (SSSR count). The Labute approximate surface area is 111 Å². The van der Waals surface area contributed by atoms with E-state index in [0.29, 0.717) is 12.5 Å². The molecule has 0 bridgehead atoms. The average molecular weight is 261 g/mol. The van der Waals surface area contributed by atoms with Crippen LogP contribution in [0.3, 0.4) is 0 Å². The van der Waals surface area contributed by atoms with E-state index in [4.69, 9.17) is 5.11 Å². The summed E-state index contributed by atoms with van der Waals surface area (Å²) in [5.74, 6) is 0.864. The van der Waals surface area contributed by atoms with E-state index in [2.05, 4.69) is 25.6 Å². The zero-order chi connectivity index (χ0) is 13.1. The van der Waals surface area contributed by atoms with Crippen LogP contribution in [0.2, 0.25) is 0 Å².